The van der Waals surface area contributed by atoms with Crippen molar-refractivity contribution in [2.75, 3.05) is 0 Å². The SMILES string of the molecule is c1ccc(-n2c(-c3cc(-c4cc(-c5ccc6ccccc6c5)cc(-c5ccc6ccccc6c5)n4)cc(-c4cc(-c5ccc6ccccc6c5)cc(-c5ccc6ccccc6c5)n4)c3)nc3c4cccnc4c4ncccc4c32)cc1. The molecule has 0 aliphatic rings. The molecule has 0 saturated heterocycles. The van der Waals surface area contributed by atoms with Crippen molar-refractivity contribution >= 4 is 75.9 Å². The fourth-order valence-electron chi connectivity index (χ4n) is 11.9. The number of pyridine rings is 4. The van der Waals surface area contributed by atoms with Crippen LogP contribution in [0.5, 0.6) is 0 Å². The third kappa shape index (κ3) is 8.16. The fraction of sp³-hybridized carbons (Fsp3) is 0. The second-order valence-electron chi connectivity index (χ2n) is 20.9. The molecule has 11 aromatic carbocycles. The van der Waals surface area contributed by atoms with E-state index in [-0.39, 0.29) is 0 Å². The third-order valence-corrected chi connectivity index (χ3v) is 15.9. The first-order chi connectivity index (χ1) is 40.1. The molecular weight excluding hydrogens is 985 g/mol. The number of benzene rings is 11. The zero-order chi connectivity index (χ0) is 53.4. The third-order valence-electron chi connectivity index (χ3n) is 15.9. The number of hydrogen-bond donors (Lipinski definition) is 0. The van der Waals surface area contributed by atoms with Crippen molar-refractivity contribution in [2.24, 2.45) is 0 Å². The maximum atomic E-state index is 5.74. The highest BCUT2D eigenvalue weighted by Crippen LogP contribution is 2.42. The molecule has 6 heteroatoms. The van der Waals surface area contributed by atoms with Crippen LogP contribution in [0.2, 0.25) is 0 Å². The number of imidazole rings is 1. The lowest BCUT2D eigenvalue weighted by molar-refractivity contribution is 1.11. The van der Waals surface area contributed by atoms with Crippen molar-refractivity contribution in [1.82, 2.24) is 29.5 Å². The first-order valence-electron chi connectivity index (χ1n) is 27.4. The molecule has 6 nitrogen and oxygen atoms in total. The van der Waals surface area contributed by atoms with Crippen molar-refractivity contribution in [3.05, 3.63) is 279 Å². The molecule has 0 fully saturated rings. The zero-order valence-electron chi connectivity index (χ0n) is 43.7. The van der Waals surface area contributed by atoms with Crippen LogP contribution in [-0.4, -0.2) is 29.5 Å². The number of rotatable bonds is 8. The van der Waals surface area contributed by atoms with Gasteiger partial charge in [0.25, 0.3) is 0 Å². The Kier molecular flexibility index (Phi) is 10.8. The molecule has 16 rings (SSSR count). The van der Waals surface area contributed by atoms with Gasteiger partial charge in [-0.15, -0.1) is 0 Å². The maximum Gasteiger partial charge on any atom is 0.145 e. The van der Waals surface area contributed by atoms with Crippen LogP contribution in [0.3, 0.4) is 0 Å². The molecule has 16 aromatic rings. The second-order valence-corrected chi connectivity index (χ2v) is 20.9. The highest BCUT2D eigenvalue weighted by Gasteiger charge is 2.24. The summed E-state index contributed by atoms with van der Waals surface area (Å²) >= 11 is 0. The van der Waals surface area contributed by atoms with Crippen molar-refractivity contribution < 1.29 is 0 Å². The van der Waals surface area contributed by atoms with Crippen molar-refractivity contribution in [2.45, 2.75) is 0 Å². The van der Waals surface area contributed by atoms with Gasteiger partial charge in [-0.05, 0) is 168 Å². The zero-order valence-corrected chi connectivity index (χ0v) is 43.7. The molecule has 5 heterocycles. The molecule has 0 aliphatic carbocycles. The van der Waals surface area contributed by atoms with Gasteiger partial charge in [0.1, 0.15) is 5.82 Å². The van der Waals surface area contributed by atoms with Gasteiger partial charge in [0.05, 0.1) is 44.8 Å². The van der Waals surface area contributed by atoms with Crippen LogP contribution in [0.4, 0.5) is 0 Å². The quantitative estimate of drug-likeness (QED) is 0.142. The lowest BCUT2D eigenvalue weighted by atomic mass is 9.94. The van der Waals surface area contributed by atoms with Gasteiger partial charge in [-0.2, -0.15) is 0 Å². The van der Waals surface area contributed by atoms with Gasteiger partial charge in [0.15, 0.2) is 0 Å². The minimum Gasteiger partial charge on any atom is -0.292 e. The number of nitrogens with zero attached hydrogens (tertiary/aromatic N) is 6. The van der Waals surface area contributed by atoms with Crippen LogP contribution in [0.15, 0.2) is 279 Å². The van der Waals surface area contributed by atoms with Crippen LogP contribution in [-0.2, 0) is 0 Å². The lowest BCUT2D eigenvalue weighted by Gasteiger charge is -2.16. The summed E-state index contributed by atoms with van der Waals surface area (Å²) in [6.07, 6.45) is 3.68. The Morgan fingerprint density at radius 3 is 1.10 bits per heavy atom. The molecule has 0 aliphatic heterocycles. The van der Waals surface area contributed by atoms with E-state index in [9.17, 15) is 0 Å². The van der Waals surface area contributed by atoms with E-state index in [0.29, 0.717) is 0 Å². The summed E-state index contributed by atoms with van der Waals surface area (Å²) < 4.78 is 2.30. The molecule has 0 radical (unpaired) electrons. The largest absolute Gasteiger partial charge is 0.292 e. The summed E-state index contributed by atoms with van der Waals surface area (Å²) in [5.41, 5.74) is 16.9. The van der Waals surface area contributed by atoms with E-state index in [4.69, 9.17) is 24.9 Å². The molecule has 0 amide bonds. The van der Waals surface area contributed by atoms with Gasteiger partial charge in [-0.1, -0.05) is 164 Å². The smallest absolute Gasteiger partial charge is 0.145 e. The van der Waals surface area contributed by atoms with Crippen molar-refractivity contribution in [3.63, 3.8) is 0 Å². The van der Waals surface area contributed by atoms with Crippen molar-refractivity contribution in [1.29, 1.82) is 0 Å². The Morgan fingerprint density at radius 1 is 0.235 bits per heavy atom. The van der Waals surface area contributed by atoms with Gasteiger partial charge in [0.2, 0.25) is 0 Å². The number of aromatic nitrogens is 6. The molecule has 0 spiro atoms. The molecular formula is C75H46N6. The van der Waals surface area contributed by atoms with Gasteiger partial charge in [0, 0.05) is 56.7 Å². The Bertz CT molecular complexity index is 4780. The Hall–Kier alpha value is -11.0. The van der Waals surface area contributed by atoms with E-state index in [0.717, 1.165) is 128 Å². The molecule has 0 unspecified atom stereocenters. The standard InChI is InChI=1S/C75H46N6/c1-2-22-64(23-3-1)81-74-66-25-13-35-77-72(66)71-65(24-12-34-76-71)73(74)80-75(81)63-41-61(69-45-59(55-30-26-47-14-4-8-18-51(47)36-55)43-67(78-69)57-32-28-49-16-6-10-20-53(49)38-57)40-62(42-63)70-46-60(56-31-27-48-15-5-9-19-52(48)37-56)44-68(79-70)58-33-29-50-17-7-11-21-54(50)39-58/h1-46H. The first kappa shape index (κ1) is 46.2. The lowest BCUT2D eigenvalue weighted by Crippen LogP contribution is -2.00. The Balaban J connectivity index is 1.000. The number of hydrogen-bond acceptors (Lipinski definition) is 5. The van der Waals surface area contributed by atoms with Gasteiger partial charge in [-0.25, -0.2) is 15.0 Å². The number of fused-ring (bicyclic) bond motifs is 10. The summed E-state index contributed by atoms with van der Waals surface area (Å²) in [5.74, 6) is 0.765. The van der Waals surface area contributed by atoms with Crippen molar-refractivity contribution in [3.8, 4) is 84.4 Å². The number of para-hydroxylation sites is 1. The highest BCUT2D eigenvalue weighted by atomic mass is 15.1. The van der Waals surface area contributed by atoms with E-state index >= 15 is 0 Å². The molecule has 0 atom stereocenters. The summed E-state index contributed by atoms with van der Waals surface area (Å²) in [4.78, 5) is 27.0. The first-order valence-corrected chi connectivity index (χ1v) is 27.4. The molecule has 81 heavy (non-hydrogen) atoms. The maximum absolute atomic E-state index is 5.74. The summed E-state index contributed by atoms with van der Waals surface area (Å²) in [7, 11) is 0. The van der Waals surface area contributed by atoms with Crippen LogP contribution in [0.1, 0.15) is 0 Å². The summed E-state index contributed by atoms with van der Waals surface area (Å²) in [6, 6.07) is 95.4. The Morgan fingerprint density at radius 2 is 0.617 bits per heavy atom. The monoisotopic (exact) mass is 1030 g/mol. The van der Waals surface area contributed by atoms with E-state index in [1.54, 1.807) is 0 Å². The van der Waals surface area contributed by atoms with E-state index < -0.39 is 0 Å². The fourth-order valence-corrected chi connectivity index (χ4v) is 11.9. The normalized spacial score (nSPS) is 11.7. The van der Waals surface area contributed by atoms with E-state index in [1.165, 1.54) is 32.3 Å². The predicted octanol–water partition coefficient (Wildman–Crippen LogP) is 19.2. The van der Waals surface area contributed by atoms with Crippen LogP contribution >= 0.6 is 0 Å². The Labute approximate surface area is 466 Å². The van der Waals surface area contributed by atoms with Gasteiger partial charge < -0.3 is 0 Å². The van der Waals surface area contributed by atoms with Gasteiger partial charge in [-0.3, -0.25) is 14.5 Å². The van der Waals surface area contributed by atoms with E-state index in [2.05, 4.69) is 259 Å². The van der Waals surface area contributed by atoms with Gasteiger partial charge >= 0.3 is 0 Å². The highest BCUT2D eigenvalue weighted by molar-refractivity contribution is 6.22. The summed E-state index contributed by atoms with van der Waals surface area (Å²) in [5, 5.41) is 11.3. The molecule has 0 saturated carbocycles. The summed E-state index contributed by atoms with van der Waals surface area (Å²) in [6.45, 7) is 0. The molecule has 376 valence electrons. The van der Waals surface area contributed by atoms with Crippen LogP contribution < -0.4 is 0 Å². The minimum absolute atomic E-state index is 0.765. The average molecular weight is 1030 g/mol. The molecule has 5 aromatic heterocycles. The average Bonchev–Trinajstić information content (AvgIpc) is 4.21. The second kappa shape index (κ2) is 18.9. The molecule has 0 N–H and O–H groups in total. The van der Waals surface area contributed by atoms with Crippen LogP contribution in [0, 0.1) is 0 Å². The minimum atomic E-state index is 0.765. The topological polar surface area (TPSA) is 69.4 Å². The predicted molar refractivity (Wildman–Crippen MR) is 335 cm³/mol. The molecule has 0 bridgehead atoms. The van der Waals surface area contributed by atoms with Crippen LogP contribution in [0.25, 0.3) is 160 Å². The van der Waals surface area contributed by atoms with E-state index in [1.807, 2.05) is 24.5 Å².